The Hall–Kier alpha value is -4.70. The fourth-order valence-electron chi connectivity index (χ4n) is 5.52. The summed E-state index contributed by atoms with van der Waals surface area (Å²) in [5.41, 5.74) is -2.43. The average Bonchev–Trinajstić information content (AvgIpc) is 3.13. The highest BCUT2D eigenvalue weighted by Crippen LogP contribution is 2.27. The summed E-state index contributed by atoms with van der Waals surface area (Å²) in [7, 11) is 1.13. The first-order valence-corrected chi connectivity index (χ1v) is 19.2. The second kappa shape index (κ2) is 27.0. The number of hydrogen-bond acceptors (Lipinski definition) is 11. The molecule has 0 spiro atoms. The van der Waals surface area contributed by atoms with Crippen molar-refractivity contribution in [1.82, 2.24) is 5.32 Å². The van der Waals surface area contributed by atoms with Gasteiger partial charge in [0.05, 0.1) is 25.4 Å². The summed E-state index contributed by atoms with van der Waals surface area (Å²) in [5.74, 6) is -1.79. The van der Waals surface area contributed by atoms with Crippen LogP contribution < -0.4 is 10.1 Å². The maximum absolute atomic E-state index is 13.9. The Morgan fingerprint density at radius 2 is 1.49 bits per heavy atom. The number of hydrogen-bond donors (Lipinski definition) is 3. The number of aliphatic carboxylic acids is 1. The monoisotopic (exact) mass is 771 g/mol. The molecule has 0 saturated heterocycles. The highest BCUT2D eigenvalue weighted by molar-refractivity contribution is 5.95. The molecule has 0 aliphatic heterocycles. The minimum Gasteiger partial charge on any atom is -0.481 e. The molecule has 0 saturated carbocycles. The molecule has 13 heteroatoms. The second-order valence-corrected chi connectivity index (χ2v) is 13.8. The third-order valence-electron chi connectivity index (χ3n) is 8.75. The molecule has 1 aromatic rings. The van der Waals surface area contributed by atoms with Gasteiger partial charge in [0.15, 0.2) is 5.60 Å². The molecule has 1 amide bonds. The van der Waals surface area contributed by atoms with E-state index in [9.17, 15) is 39.0 Å². The fourth-order valence-corrected chi connectivity index (χ4v) is 5.52. The molecule has 13 nitrogen and oxygen atoms in total. The second-order valence-electron chi connectivity index (χ2n) is 13.8. The number of ether oxygens (including phenoxy) is 4. The van der Waals surface area contributed by atoms with Crippen molar-refractivity contribution in [3.63, 3.8) is 0 Å². The van der Waals surface area contributed by atoms with Crippen LogP contribution in [0.3, 0.4) is 0 Å². The lowest BCUT2D eigenvalue weighted by molar-refractivity contribution is -0.193. The Kier molecular flexibility index (Phi) is 23.7. The molecule has 1 unspecified atom stereocenters. The number of rotatable bonds is 28. The Labute approximate surface area is 325 Å². The number of ketones is 1. The van der Waals surface area contributed by atoms with E-state index in [-0.39, 0.29) is 18.8 Å². The Bertz CT molecular complexity index is 1460. The molecule has 3 N–H and O–H groups in total. The van der Waals surface area contributed by atoms with E-state index < -0.39 is 66.0 Å². The largest absolute Gasteiger partial charge is 0.481 e. The van der Waals surface area contributed by atoms with Crippen LogP contribution in [0.15, 0.2) is 36.4 Å². The van der Waals surface area contributed by atoms with Gasteiger partial charge in [0.2, 0.25) is 12.2 Å². The first-order valence-electron chi connectivity index (χ1n) is 19.2. The van der Waals surface area contributed by atoms with E-state index in [1.807, 2.05) is 0 Å². The Morgan fingerprint density at radius 3 is 2.05 bits per heavy atom. The number of methoxy groups -OCH3 is 1. The molecule has 1 aromatic carbocycles. The number of allylic oxidation sites excluding steroid dienone is 1. The predicted octanol–water partition coefficient (Wildman–Crippen LogP) is 6.03. The number of aliphatic hydroxyl groups is 1. The quantitative estimate of drug-likeness (QED) is 0.0295. The Morgan fingerprint density at radius 1 is 0.873 bits per heavy atom. The highest BCUT2D eigenvalue weighted by atomic mass is 16.7. The molecule has 306 valence electrons. The zero-order valence-electron chi connectivity index (χ0n) is 33.4. The molecule has 0 bridgehead atoms. The van der Waals surface area contributed by atoms with Crippen molar-refractivity contribution < 1.29 is 57.9 Å². The normalized spacial score (nSPS) is 13.7. The van der Waals surface area contributed by atoms with Gasteiger partial charge in [-0.2, -0.15) is 0 Å². The van der Waals surface area contributed by atoms with E-state index in [4.69, 9.17) is 18.9 Å². The van der Waals surface area contributed by atoms with Crippen LogP contribution in [-0.4, -0.2) is 77.4 Å². The van der Waals surface area contributed by atoms with Crippen LogP contribution in [-0.2, 0) is 49.4 Å². The molecule has 4 atom stereocenters. The number of esters is 3. The SMILES string of the molecule is CC#CCOc1ccc(C[C@H](NC(=O)[C@@H](/C=C/CCCCCCC(=O)CCCCCCC)[C@@](O)(CC(=O)OC(C)OC(=O)C(C)C)C(=O)O)C(=O)OC)cc1. The lowest BCUT2D eigenvalue weighted by Gasteiger charge is -2.30. The van der Waals surface area contributed by atoms with Gasteiger partial charge < -0.3 is 34.5 Å². The molecule has 0 aromatic heterocycles. The summed E-state index contributed by atoms with van der Waals surface area (Å²) in [6.07, 6.45) is 10.1. The molecule has 0 aliphatic carbocycles. The standard InChI is InChI=1S/C42H61NO12/c1-7-9-11-14-17-20-33(44)21-18-15-12-13-16-19-22-35(42(51,41(49)50)29-37(45)54-31(5)55-39(47)30(3)4)38(46)43-36(40(48)52-6)28-32-23-25-34(26-24-32)53-27-10-8-2/h19,22-26,30-31,35-36,51H,7,9,11-18,20-21,27-29H2,1-6H3,(H,43,46)(H,49,50)/b22-19+/t31?,35-,36+,42+/m1/s1. The first kappa shape index (κ1) is 48.3. The number of carboxylic acid groups (broad SMARTS) is 1. The molecular weight excluding hydrogens is 710 g/mol. The van der Waals surface area contributed by atoms with Gasteiger partial charge in [0.25, 0.3) is 0 Å². The van der Waals surface area contributed by atoms with E-state index in [1.54, 1.807) is 45.0 Å². The minimum atomic E-state index is -3.03. The number of amides is 1. The van der Waals surface area contributed by atoms with Crippen molar-refractivity contribution in [3.8, 4) is 17.6 Å². The lowest BCUT2D eigenvalue weighted by Crippen LogP contribution is -2.55. The van der Waals surface area contributed by atoms with E-state index >= 15 is 0 Å². The summed E-state index contributed by atoms with van der Waals surface area (Å²) in [4.78, 5) is 76.4. The summed E-state index contributed by atoms with van der Waals surface area (Å²) in [5, 5.41) is 24.2. The van der Waals surface area contributed by atoms with Crippen LogP contribution in [0, 0.1) is 23.7 Å². The van der Waals surface area contributed by atoms with Crippen LogP contribution in [0.1, 0.15) is 124 Å². The van der Waals surface area contributed by atoms with Gasteiger partial charge in [-0.3, -0.25) is 19.2 Å². The van der Waals surface area contributed by atoms with Crippen molar-refractivity contribution in [2.75, 3.05) is 13.7 Å². The number of carboxylic acids is 1. The fraction of sp³-hybridized carbons (Fsp3) is 0.619. The number of carbonyl (C=O) groups is 6. The lowest BCUT2D eigenvalue weighted by atomic mass is 9.82. The van der Waals surface area contributed by atoms with E-state index in [0.717, 1.165) is 52.1 Å². The molecule has 1 rings (SSSR count). The van der Waals surface area contributed by atoms with Gasteiger partial charge in [-0.15, -0.1) is 5.92 Å². The molecule has 0 radical (unpaired) electrons. The number of benzene rings is 1. The van der Waals surface area contributed by atoms with Crippen molar-refractivity contribution in [1.29, 1.82) is 0 Å². The van der Waals surface area contributed by atoms with Gasteiger partial charge >= 0.3 is 23.9 Å². The highest BCUT2D eigenvalue weighted by Gasteiger charge is 2.50. The predicted molar refractivity (Wildman–Crippen MR) is 205 cm³/mol. The van der Waals surface area contributed by atoms with Crippen LogP contribution in [0.5, 0.6) is 5.75 Å². The van der Waals surface area contributed by atoms with Gasteiger partial charge in [-0.05, 0) is 50.3 Å². The third kappa shape index (κ3) is 19.5. The molecule has 0 fully saturated rings. The molecular formula is C42H61NO12. The van der Waals surface area contributed by atoms with Gasteiger partial charge in [0.1, 0.15) is 24.2 Å². The van der Waals surface area contributed by atoms with Gasteiger partial charge in [-0.25, -0.2) is 9.59 Å². The summed E-state index contributed by atoms with van der Waals surface area (Å²) in [6.45, 7) is 8.43. The third-order valence-corrected chi connectivity index (χ3v) is 8.75. The van der Waals surface area contributed by atoms with Crippen LogP contribution in [0.2, 0.25) is 0 Å². The Balaban J connectivity index is 3.13. The zero-order valence-corrected chi connectivity index (χ0v) is 33.4. The van der Waals surface area contributed by atoms with E-state index in [0.29, 0.717) is 37.0 Å². The summed E-state index contributed by atoms with van der Waals surface area (Å²) < 4.78 is 20.5. The van der Waals surface area contributed by atoms with Gasteiger partial charge in [0, 0.05) is 26.2 Å². The first-order chi connectivity index (χ1) is 26.2. The van der Waals surface area contributed by atoms with Crippen molar-refractivity contribution >= 4 is 35.6 Å². The van der Waals surface area contributed by atoms with Crippen molar-refractivity contribution in [2.45, 2.75) is 142 Å². The number of nitrogens with one attached hydrogen (secondary N) is 1. The number of carbonyl (C=O) groups excluding carboxylic acids is 5. The smallest absolute Gasteiger partial charge is 0.337 e. The zero-order chi connectivity index (χ0) is 41.2. The summed E-state index contributed by atoms with van der Waals surface area (Å²) in [6, 6.07) is 5.38. The number of unbranched alkanes of at least 4 members (excludes halogenated alkanes) is 8. The number of Topliss-reactive ketones (excluding diaryl/α,β-unsaturated/α-hetero) is 1. The molecule has 0 aliphatic rings. The average molecular weight is 772 g/mol. The van der Waals surface area contributed by atoms with E-state index in [2.05, 4.69) is 24.1 Å². The van der Waals surface area contributed by atoms with Crippen LogP contribution in [0.25, 0.3) is 0 Å². The maximum Gasteiger partial charge on any atom is 0.337 e. The minimum absolute atomic E-state index is 0.0580. The summed E-state index contributed by atoms with van der Waals surface area (Å²) >= 11 is 0. The van der Waals surface area contributed by atoms with Crippen molar-refractivity contribution in [2.24, 2.45) is 11.8 Å². The molecule has 55 heavy (non-hydrogen) atoms. The molecule has 0 heterocycles. The van der Waals surface area contributed by atoms with Gasteiger partial charge in [-0.1, -0.05) is 89.5 Å². The van der Waals surface area contributed by atoms with Crippen LogP contribution >= 0.6 is 0 Å². The van der Waals surface area contributed by atoms with E-state index in [1.165, 1.54) is 25.5 Å². The maximum atomic E-state index is 13.9. The van der Waals surface area contributed by atoms with Crippen LogP contribution in [0.4, 0.5) is 0 Å². The topological polar surface area (TPSA) is 192 Å². The van der Waals surface area contributed by atoms with Crippen molar-refractivity contribution in [3.05, 3.63) is 42.0 Å².